The standard InChI is InChI=1S/C13H17F3N6O/c1-21-10(17-8-18-21)7-22-5-3-2-4-9(22)12-20-19-11(23-12)6-13(14,15)16/h8-9H,2-7H2,1H3. The van der Waals surface area contributed by atoms with Gasteiger partial charge in [0.15, 0.2) is 0 Å². The first-order valence-corrected chi connectivity index (χ1v) is 7.38. The van der Waals surface area contributed by atoms with Crippen molar-refractivity contribution in [3.63, 3.8) is 0 Å². The van der Waals surface area contributed by atoms with Gasteiger partial charge >= 0.3 is 6.18 Å². The third kappa shape index (κ3) is 3.87. The van der Waals surface area contributed by atoms with Crippen molar-refractivity contribution in [2.75, 3.05) is 6.54 Å². The van der Waals surface area contributed by atoms with Crippen LogP contribution in [0.1, 0.15) is 42.9 Å². The van der Waals surface area contributed by atoms with Crippen molar-refractivity contribution in [1.82, 2.24) is 29.9 Å². The third-order valence-electron chi connectivity index (χ3n) is 3.88. The first kappa shape index (κ1) is 15.9. The third-order valence-corrected chi connectivity index (χ3v) is 3.88. The van der Waals surface area contributed by atoms with Gasteiger partial charge in [-0.05, 0) is 19.4 Å². The molecule has 1 aliphatic rings. The SMILES string of the molecule is Cn1ncnc1CN1CCCCC1c1nnc(CC(F)(F)F)o1. The molecule has 1 unspecified atom stereocenters. The Hall–Kier alpha value is -1.97. The summed E-state index contributed by atoms with van der Waals surface area (Å²) in [6, 6.07) is -0.185. The average Bonchev–Trinajstić information content (AvgIpc) is 3.08. The number of aryl methyl sites for hydroxylation is 1. The fourth-order valence-corrected chi connectivity index (χ4v) is 2.75. The van der Waals surface area contributed by atoms with E-state index >= 15 is 0 Å². The fourth-order valence-electron chi connectivity index (χ4n) is 2.75. The number of rotatable bonds is 4. The Kier molecular flexibility index (Phi) is 4.33. The van der Waals surface area contributed by atoms with Crippen LogP contribution < -0.4 is 0 Å². The highest BCUT2D eigenvalue weighted by atomic mass is 19.4. The molecular formula is C13H17F3N6O. The second-order valence-corrected chi connectivity index (χ2v) is 5.61. The highest BCUT2D eigenvalue weighted by molar-refractivity contribution is 4.96. The topological polar surface area (TPSA) is 72.9 Å². The molecule has 7 nitrogen and oxygen atoms in total. The van der Waals surface area contributed by atoms with Gasteiger partial charge in [0.2, 0.25) is 11.8 Å². The molecule has 0 bridgehead atoms. The number of alkyl halides is 3. The monoisotopic (exact) mass is 330 g/mol. The molecule has 0 spiro atoms. The number of halogens is 3. The van der Waals surface area contributed by atoms with Gasteiger partial charge in [0.05, 0.1) is 12.6 Å². The summed E-state index contributed by atoms with van der Waals surface area (Å²) >= 11 is 0. The highest BCUT2D eigenvalue weighted by Gasteiger charge is 2.33. The summed E-state index contributed by atoms with van der Waals surface area (Å²) in [7, 11) is 1.80. The largest absolute Gasteiger partial charge is 0.423 e. The summed E-state index contributed by atoms with van der Waals surface area (Å²) < 4.78 is 44.2. The van der Waals surface area contributed by atoms with E-state index in [9.17, 15) is 13.2 Å². The smallest absolute Gasteiger partial charge is 0.397 e. The average molecular weight is 330 g/mol. The van der Waals surface area contributed by atoms with Crippen molar-refractivity contribution in [3.05, 3.63) is 23.9 Å². The quantitative estimate of drug-likeness (QED) is 0.854. The molecule has 0 aromatic carbocycles. The van der Waals surface area contributed by atoms with Gasteiger partial charge in [0.25, 0.3) is 0 Å². The molecule has 1 aliphatic heterocycles. The Bertz CT molecular complexity index is 652. The van der Waals surface area contributed by atoms with Crippen LogP contribution in [0.5, 0.6) is 0 Å². The van der Waals surface area contributed by atoms with Crippen LogP contribution in [0.4, 0.5) is 13.2 Å². The van der Waals surface area contributed by atoms with E-state index in [1.807, 2.05) is 0 Å². The van der Waals surface area contributed by atoms with Gasteiger partial charge in [-0.25, -0.2) is 4.98 Å². The molecule has 2 aromatic heterocycles. The maximum Gasteiger partial charge on any atom is 0.397 e. The summed E-state index contributed by atoms with van der Waals surface area (Å²) in [6.07, 6.45) is -1.33. The fraction of sp³-hybridized carbons (Fsp3) is 0.692. The molecule has 0 amide bonds. The van der Waals surface area contributed by atoms with Gasteiger partial charge in [-0.3, -0.25) is 9.58 Å². The zero-order valence-electron chi connectivity index (χ0n) is 12.6. The van der Waals surface area contributed by atoms with Gasteiger partial charge in [-0.15, -0.1) is 10.2 Å². The Morgan fingerprint density at radius 2 is 2.13 bits per heavy atom. The van der Waals surface area contributed by atoms with E-state index in [0.29, 0.717) is 6.54 Å². The number of likely N-dealkylation sites (tertiary alicyclic amines) is 1. The molecular weight excluding hydrogens is 313 g/mol. The minimum absolute atomic E-state index is 0.185. The number of aromatic nitrogens is 5. The highest BCUT2D eigenvalue weighted by Crippen LogP contribution is 2.32. The van der Waals surface area contributed by atoms with Crippen LogP contribution in [-0.2, 0) is 20.0 Å². The van der Waals surface area contributed by atoms with E-state index in [0.717, 1.165) is 31.6 Å². The van der Waals surface area contributed by atoms with Crippen molar-refractivity contribution in [2.45, 2.75) is 44.4 Å². The van der Waals surface area contributed by atoms with Crippen LogP contribution >= 0.6 is 0 Å². The van der Waals surface area contributed by atoms with Crippen LogP contribution in [0.3, 0.4) is 0 Å². The van der Waals surface area contributed by atoms with Gasteiger partial charge in [-0.1, -0.05) is 6.42 Å². The lowest BCUT2D eigenvalue weighted by atomic mass is 10.0. The summed E-state index contributed by atoms with van der Waals surface area (Å²) in [5, 5.41) is 11.4. The first-order chi connectivity index (χ1) is 10.9. The molecule has 3 heterocycles. The summed E-state index contributed by atoms with van der Waals surface area (Å²) in [5.74, 6) is 0.634. The maximum absolute atomic E-state index is 12.4. The van der Waals surface area contributed by atoms with Crippen molar-refractivity contribution in [2.24, 2.45) is 7.05 Å². The lowest BCUT2D eigenvalue weighted by Gasteiger charge is -2.32. The molecule has 10 heteroatoms. The van der Waals surface area contributed by atoms with E-state index in [1.54, 1.807) is 11.7 Å². The molecule has 0 aliphatic carbocycles. The molecule has 23 heavy (non-hydrogen) atoms. The van der Waals surface area contributed by atoms with Crippen LogP contribution in [-0.4, -0.2) is 42.6 Å². The minimum atomic E-state index is -4.35. The molecule has 0 saturated carbocycles. The predicted molar refractivity (Wildman–Crippen MR) is 72.1 cm³/mol. The molecule has 2 aromatic rings. The summed E-state index contributed by atoms with van der Waals surface area (Å²) in [5.41, 5.74) is 0. The van der Waals surface area contributed by atoms with Crippen molar-refractivity contribution in [3.8, 4) is 0 Å². The van der Waals surface area contributed by atoms with Gasteiger partial charge in [0.1, 0.15) is 18.6 Å². The van der Waals surface area contributed by atoms with Crippen molar-refractivity contribution >= 4 is 0 Å². The molecule has 1 fully saturated rings. The second kappa shape index (κ2) is 6.26. The van der Waals surface area contributed by atoms with E-state index in [4.69, 9.17) is 4.42 Å². The van der Waals surface area contributed by atoms with E-state index < -0.39 is 18.5 Å². The molecule has 0 N–H and O–H groups in total. The van der Waals surface area contributed by atoms with E-state index in [-0.39, 0.29) is 11.9 Å². The first-order valence-electron chi connectivity index (χ1n) is 7.38. The number of piperidine rings is 1. The van der Waals surface area contributed by atoms with E-state index in [2.05, 4.69) is 25.2 Å². The van der Waals surface area contributed by atoms with Crippen LogP contribution in [0.25, 0.3) is 0 Å². The Morgan fingerprint density at radius 1 is 1.30 bits per heavy atom. The molecule has 0 radical (unpaired) electrons. The normalized spacial score (nSPS) is 20.1. The second-order valence-electron chi connectivity index (χ2n) is 5.61. The molecule has 3 rings (SSSR count). The lowest BCUT2D eigenvalue weighted by Crippen LogP contribution is -2.34. The summed E-state index contributed by atoms with van der Waals surface area (Å²) in [6.45, 7) is 1.34. The van der Waals surface area contributed by atoms with Gasteiger partial charge in [0, 0.05) is 7.05 Å². The summed E-state index contributed by atoms with van der Waals surface area (Å²) in [4.78, 5) is 6.28. The van der Waals surface area contributed by atoms with Crippen molar-refractivity contribution < 1.29 is 17.6 Å². The predicted octanol–water partition coefficient (Wildman–Crippen LogP) is 2.03. The van der Waals surface area contributed by atoms with Crippen LogP contribution in [0.2, 0.25) is 0 Å². The van der Waals surface area contributed by atoms with Gasteiger partial charge < -0.3 is 4.42 Å². The molecule has 1 atom stereocenters. The maximum atomic E-state index is 12.4. The van der Waals surface area contributed by atoms with Crippen molar-refractivity contribution in [1.29, 1.82) is 0 Å². The number of hydrogen-bond donors (Lipinski definition) is 0. The lowest BCUT2D eigenvalue weighted by molar-refractivity contribution is -0.131. The zero-order chi connectivity index (χ0) is 16.4. The Morgan fingerprint density at radius 3 is 2.83 bits per heavy atom. The number of nitrogens with zero attached hydrogens (tertiary/aromatic N) is 6. The van der Waals surface area contributed by atoms with Crippen LogP contribution in [0.15, 0.2) is 10.7 Å². The zero-order valence-corrected chi connectivity index (χ0v) is 12.6. The number of hydrogen-bond acceptors (Lipinski definition) is 6. The van der Waals surface area contributed by atoms with Crippen LogP contribution in [0, 0.1) is 0 Å². The molecule has 1 saturated heterocycles. The Labute approximate surface area is 130 Å². The Balaban J connectivity index is 1.75. The minimum Gasteiger partial charge on any atom is -0.423 e. The van der Waals surface area contributed by atoms with Gasteiger partial charge in [-0.2, -0.15) is 18.3 Å². The van der Waals surface area contributed by atoms with E-state index in [1.165, 1.54) is 6.33 Å². The molecule has 126 valence electrons.